The standard InChI is InChI=1S/C58H109NO5/c1-4-7-10-13-16-19-22-25-27-28-29-30-33-36-39-42-45-48-51-58(63)64-54(49-46-43-40-37-34-32-26-23-20-17-14-11-8-5-2)52-57(62)59-55(53-60)56(61)50-47-44-41-38-35-31-24-21-18-15-12-9-6-3/h8,11,17,20,26,32,54-56,60-61H,4-7,9-10,12-16,18-19,21-25,27-31,33-53H2,1-3H3,(H,59,62)/b11-8+,20-17+,32-26+. The van der Waals surface area contributed by atoms with E-state index in [-0.39, 0.29) is 24.9 Å². The number of esters is 1. The Morgan fingerprint density at radius 2 is 0.844 bits per heavy atom. The van der Waals surface area contributed by atoms with Gasteiger partial charge in [-0.1, -0.05) is 263 Å². The van der Waals surface area contributed by atoms with Crippen molar-refractivity contribution in [2.45, 2.75) is 315 Å². The lowest BCUT2D eigenvalue weighted by molar-refractivity contribution is -0.151. The second kappa shape index (κ2) is 52.1. The van der Waals surface area contributed by atoms with Crippen molar-refractivity contribution in [3.63, 3.8) is 0 Å². The zero-order valence-electron chi connectivity index (χ0n) is 42.9. The SMILES string of the molecule is CC/C=C/C/C=C/C/C=C/CCCCCCC(CC(=O)NC(CO)C(O)CCCCCCCCCCCCCCC)OC(=O)CCCCCCCCCCCCCCCCCCCC. The predicted octanol–water partition coefficient (Wildman–Crippen LogP) is 17.2. The number of rotatable bonds is 51. The van der Waals surface area contributed by atoms with Gasteiger partial charge in [0.05, 0.1) is 25.2 Å². The summed E-state index contributed by atoms with van der Waals surface area (Å²) in [6, 6.07) is -0.706. The number of ether oxygens (including phenoxy) is 1. The molecule has 0 aliphatic heterocycles. The molecule has 0 saturated heterocycles. The average Bonchev–Trinajstić information content (AvgIpc) is 3.29. The van der Waals surface area contributed by atoms with Crippen molar-refractivity contribution in [2.75, 3.05) is 6.61 Å². The topological polar surface area (TPSA) is 95.9 Å². The highest BCUT2D eigenvalue weighted by Gasteiger charge is 2.24. The number of carbonyl (C=O) groups is 2. The first-order valence-corrected chi connectivity index (χ1v) is 28.2. The number of aliphatic hydroxyl groups excluding tert-OH is 2. The Hall–Kier alpha value is -1.92. The molecule has 0 aliphatic rings. The van der Waals surface area contributed by atoms with E-state index >= 15 is 0 Å². The van der Waals surface area contributed by atoms with Gasteiger partial charge >= 0.3 is 5.97 Å². The maximum atomic E-state index is 13.2. The van der Waals surface area contributed by atoms with E-state index in [1.165, 1.54) is 161 Å². The summed E-state index contributed by atoms with van der Waals surface area (Å²) in [6.07, 6.45) is 62.1. The summed E-state index contributed by atoms with van der Waals surface area (Å²) in [5.74, 6) is -0.481. The molecule has 0 aromatic carbocycles. The summed E-state index contributed by atoms with van der Waals surface area (Å²) in [5.41, 5.74) is 0. The fraction of sp³-hybridized carbons (Fsp3) is 0.862. The summed E-state index contributed by atoms with van der Waals surface area (Å²) < 4.78 is 5.95. The smallest absolute Gasteiger partial charge is 0.306 e. The third kappa shape index (κ3) is 46.6. The molecule has 0 fully saturated rings. The second-order valence-corrected chi connectivity index (χ2v) is 19.3. The van der Waals surface area contributed by atoms with E-state index in [1.54, 1.807) is 0 Å². The molecule has 6 heteroatoms. The van der Waals surface area contributed by atoms with Crippen molar-refractivity contribution in [3.05, 3.63) is 36.5 Å². The third-order valence-electron chi connectivity index (χ3n) is 13.0. The molecule has 0 bridgehead atoms. The highest BCUT2D eigenvalue weighted by Crippen LogP contribution is 2.19. The molecule has 3 N–H and O–H groups in total. The lowest BCUT2D eigenvalue weighted by Crippen LogP contribution is -2.46. The van der Waals surface area contributed by atoms with Crippen molar-refractivity contribution in [1.29, 1.82) is 0 Å². The van der Waals surface area contributed by atoms with Crippen LogP contribution in [0, 0.1) is 0 Å². The van der Waals surface area contributed by atoms with Crippen LogP contribution in [0.5, 0.6) is 0 Å². The van der Waals surface area contributed by atoms with E-state index in [0.29, 0.717) is 19.3 Å². The van der Waals surface area contributed by atoms with Crippen LogP contribution in [0.15, 0.2) is 36.5 Å². The molecule has 3 unspecified atom stereocenters. The Kier molecular flexibility index (Phi) is 50.5. The number of nitrogens with one attached hydrogen (secondary N) is 1. The van der Waals surface area contributed by atoms with Gasteiger partial charge in [0.1, 0.15) is 6.10 Å². The van der Waals surface area contributed by atoms with Gasteiger partial charge in [-0.25, -0.2) is 0 Å². The van der Waals surface area contributed by atoms with Gasteiger partial charge < -0.3 is 20.3 Å². The predicted molar refractivity (Wildman–Crippen MR) is 278 cm³/mol. The molecule has 376 valence electrons. The Morgan fingerprint density at radius 1 is 0.469 bits per heavy atom. The normalized spacial score (nSPS) is 13.4. The Labute approximate surface area is 398 Å². The zero-order chi connectivity index (χ0) is 46.7. The Bertz CT molecular complexity index is 1060. The monoisotopic (exact) mass is 900 g/mol. The summed E-state index contributed by atoms with van der Waals surface area (Å²) in [7, 11) is 0. The van der Waals surface area contributed by atoms with Crippen LogP contribution in [-0.4, -0.2) is 46.9 Å². The lowest BCUT2D eigenvalue weighted by atomic mass is 10.0. The van der Waals surface area contributed by atoms with Gasteiger partial charge in [-0.3, -0.25) is 9.59 Å². The Balaban J connectivity index is 4.53. The third-order valence-corrected chi connectivity index (χ3v) is 13.0. The first-order valence-electron chi connectivity index (χ1n) is 28.2. The number of aliphatic hydroxyl groups is 2. The van der Waals surface area contributed by atoms with Crippen LogP contribution in [0.1, 0.15) is 297 Å². The zero-order valence-corrected chi connectivity index (χ0v) is 42.9. The minimum absolute atomic E-state index is 0.0668. The fourth-order valence-electron chi connectivity index (χ4n) is 8.74. The molecule has 6 nitrogen and oxygen atoms in total. The minimum Gasteiger partial charge on any atom is -0.462 e. The van der Waals surface area contributed by atoms with Crippen LogP contribution in [0.2, 0.25) is 0 Å². The molecular weight excluding hydrogens is 791 g/mol. The van der Waals surface area contributed by atoms with Gasteiger partial charge in [0.25, 0.3) is 0 Å². The quantitative estimate of drug-likeness (QED) is 0.0321. The van der Waals surface area contributed by atoms with E-state index in [4.69, 9.17) is 4.74 Å². The molecule has 1 amide bonds. The molecule has 0 saturated carbocycles. The maximum absolute atomic E-state index is 13.2. The number of hydrogen-bond donors (Lipinski definition) is 3. The van der Waals surface area contributed by atoms with Crippen molar-refractivity contribution in [3.8, 4) is 0 Å². The van der Waals surface area contributed by atoms with Crippen LogP contribution in [0.4, 0.5) is 0 Å². The molecule has 0 aliphatic carbocycles. The van der Waals surface area contributed by atoms with Gasteiger partial charge in [-0.05, 0) is 57.8 Å². The molecular formula is C58H109NO5. The van der Waals surface area contributed by atoms with Crippen molar-refractivity contribution in [2.24, 2.45) is 0 Å². The van der Waals surface area contributed by atoms with E-state index in [0.717, 1.165) is 89.9 Å². The van der Waals surface area contributed by atoms with Gasteiger partial charge in [-0.15, -0.1) is 0 Å². The van der Waals surface area contributed by atoms with Crippen molar-refractivity contribution < 1.29 is 24.5 Å². The Morgan fingerprint density at radius 3 is 1.28 bits per heavy atom. The molecule has 0 aromatic heterocycles. The van der Waals surface area contributed by atoms with Crippen molar-refractivity contribution >= 4 is 11.9 Å². The largest absolute Gasteiger partial charge is 0.462 e. The molecule has 3 atom stereocenters. The summed E-state index contributed by atoms with van der Waals surface area (Å²) in [5, 5.41) is 23.8. The number of hydrogen-bond acceptors (Lipinski definition) is 5. The van der Waals surface area contributed by atoms with Crippen LogP contribution in [0.3, 0.4) is 0 Å². The summed E-state index contributed by atoms with van der Waals surface area (Å²) in [6.45, 7) is 6.40. The van der Waals surface area contributed by atoms with Crippen LogP contribution >= 0.6 is 0 Å². The van der Waals surface area contributed by atoms with Gasteiger partial charge in [0.15, 0.2) is 0 Å². The van der Waals surface area contributed by atoms with E-state index in [2.05, 4.69) is 62.5 Å². The highest BCUT2D eigenvalue weighted by molar-refractivity contribution is 5.77. The molecule has 0 radical (unpaired) electrons. The number of unbranched alkanes of at least 4 members (excludes halogenated alkanes) is 33. The lowest BCUT2D eigenvalue weighted by Gasteiger charge is -2.24. The van der Waals surface area contributed by atoms with E-state index in [9.17, 15) is 19.8 Å². The summed E-state index contributed by atoms with van der Waals surface area (Å²) in [4.78, 5) is 26.2. The second-order valence-electron chi connectivity index (χ2n) is 19.3. The number of allylic oxidation sites excluding steroid dienone is 6. The highest BCUT2D eigenvalue weighted by atomic mass is 16.5. The molecule has 64 heavy (non-hydrogen) atoms. The molecule has 0 spiro atoms. The van der Waals surface area contributed by atoms with E-state index < -0.39 is 18.2 Å². The first-order chi connectivity index (χ1) is 31.5. The van der Waals surface area contributed by atoms with Crippen LogP contribution < -0.4 is 5.32 Å². The van der Waals surface area contributed by atoms with Gasteiger partial charge in [0.2, 0.25) is 5.91 Å². The van der Waals surface area contributed by atoms with Crippen LogP contribution in [0.25, 0.3) is 0 Å². The van der Waals surface area contributed by atoms with Crippen molar-refractivity contribution in [1.82, 2.24) is 5.32 Å². The summed E-state index contributed by atoms with van der Waals surface area (Å²) >= 11 is 0. The van der Waals surface area contributed by atoms with E-state index in [1.807, 2.05) is 0 Å². The molecule has 0 aromatic rings. The molecule has 0 heterocycles. The molecule has 0 rings (SSSR count). The van der Waals surface area contributed by atoms with Crippen LogP contribution in [-0.2, 0) is 14.3 Å². The fourth-order valence-corrected chi connectivity index (χ4v) is 8.74. The minimum atomic E-state index is -0.791. The number of carbonyl (C=O) groups excluding carboxylic acids is 2. The van der Waals surface area contributed by atoms with Gasteiger partial charge in [0, 0.05) is 6.42 Å². The maximum Gasteiger partial charge on any atom is 0.306 e. The first kappa shape index (κ1) is 62.1. The number of amides is 1. The average molecular weight is 901 g/mol. The van der Waals surface area contributed by atoms with Gasteiger partial charge in [-0.2, -0.15) is 0 Å².